The molecule has 1 N–H and O–H groups in total. The fourth-order valence-corrected chi connectivity index (χ4v) is 2.21. The maximum atomic E-state index is 12.3. The molecule has 1 aliphatic heterocycles. The van der Waals surface area contributed by atoms with Gasteiger partial charge < -0.3 is 10.1 Å². The predicted molar refractivity (Wildman–Crippen MR) is 85.5 cm³/mol. The highest BCUT2D eigenvalue weighted by molar-refractivity contribution is 6.53. The summed E-state index contributed by atoms with van der Waals surface area (Å²) in [5, 5.41) is 2.60. The van der Waals surface area contributed by atoms with Crippen LogP contribution >= 0.6 is 0 Å². The van der Waals surface area contributed by atoms with Gasteiger partial charge in [-0.25, -0.2) is 14.6 Å². The van der Waals surface area contributed by atoms with E-state index in [1.807, 2.05) is 6.92 Å². The zero-order valence-corrected chi connectivity index (χ0v) is 13.6. The van der Waals surface area contributed by atoms with E-state index in [0.717, 1.165) is 17.7 Å². The van der Waals surface area contributed by atoms with E-state index in [1.54, 1.807) is 12.1 Å². The third kappa shape index (κ3) is 3.53. The van der Waals surface area contributed by atoms with Crippen LogP contribution in [0.4, 0.5) is 10.5 Å². The zero-order chi connectivity index (χ0) is 17.7. The predicted octanol–water partition coefficient (Wildman–Crippen LogP) is 0.907. The third-order valence-corrected chi connectivity index (χ3v) is 3.54. The second-order valence-corrected chi connectivity index (χ2v) is 5.22. The Morgan fingerprint density at radius 1 is 1.12 bits per heavy atom. The van der Waals surface area contributed by atoms with Crippen molar-refractivity contribution < 1.29 is 23.9 Å². The molecule has 1 aromatic carbocycles. The van der Waals surface area contributed by atoms with Crippen LogP contribution in [0.2, 0.25) is 0 Å². The molecule has 8 heteroatoms. The lowest BCUT2D eigenvalue weighted by Gasteiger charge is -2.15. The van der Waals surface area contributed by atoms with E-state index in [4.69, 9.17) is 4.74 Å². The van der Waals surface area contributed by atoms with Crippen LogP contribution in [-0.4, -0.2) is 48.9 Å². The first-order valence-corrected chi connectivity index (χ1v) is 7.60. The number of unbranched alkanes of at least 4 members (excludes halogenated alkanes) is 1. The van der Waals surface area contributed by atoms with E-state index in [0.29, 0.717) is 17.2 Å². The van der Waals surface area contributed by atoms with E-state index in [2.05, 4.69) is 5.32 Å². The van der Waals surface area contributed by atoms with Gasteiger partial charge in [-0.3, -0.25) is 14.4 Å². The highest BCUT2D eigenvalue weighted by Gasteiger charge is 2.46. The number of imide groups is 2. The molecule has 1 fully saturated rings. The number of nitrogens with zero attached hydrogens (tertiary/aromatic N) is 2. The van der Waals surface area contributed by atoms with Crippen LogP contribution in [0.5, 0.6) is 5.75 Å². The normalized spacial score (nSPS) is 14.3. The Balaban J connectivity index is 2.10. The Hall–Kier alpha value is -2.90. The fraction of sp³-hybridized carbons (Fsp3) is 0.375. The van der Waals surface area contributed by atoms with E-state index < -0.39 is 30.3 Å². The Morgan fingerprint density at radius 3 is 2.38 bits per heavy atom. The van der Waals surface area contributed by atoms with Crippen molar-refractivity contribution in [3.63, 3.8) is 0 Å². The van der Waals surface area contributed by atoms with Crippen LogP contribution in [0.25, 0.3) is 0 Å². The number of benzene rings is 1. The highest BCUT2D eigenvalue weighted by Crippen LogP contribution is 2.24. The lowest BCUT2D eigenvalue weighted by Crippen LogP contribution is -2.41. The third-order valence-electron chi connectivity index (χ3n) is 3.54. The standard InChI is InChI=1S/C16H19N3O5/c1-3-4-9-17-13(20)10-18-14(21)15(22)19(16(18)23)11-5-7-12(24-2)8-6-11/h5-8H,3-4,9-10H2,1-2H3,(H,17,20). The van der Waals surface area contributed by atoms with Gasteiger partial charge in [0.05, 0.1) is 12.8 Å². The first-order chi connectivity index (χ1) is 11.5. The molecule has 1 aromatic rings. The van der Waals surface area contributed by atoms with E-state index in [9.17, 15) is 19.2 Å². The maximum Gasteiger partial charge on any atom is 0.339 e. The quantitative estimate of drug-likeness (QED) is 0.454. The molecule has 1 heterocycles. The van der Waals surface area contributed by atoms with Crippen LogP contribution in [0.15, 0.2) is 24.3 Å². The summed E-state index contributed by atoms with van der Waals surface area (Å²) >= 11 is 0. The number of methoxy groups -OCH3 is 1. The summed E-state index contributed by atoms with van der Waals surface area (Å²) in [6, 6.07) is 5.29. The summed E-state index contributed by atoms with van der Waals surface area (Å²) in [5.41, 5.74) is 0.244. The number of carbonyl (C=O) groups excluding carboxylic acids is 4. The van der Waals surface area contributed by atoms with Crippen molar-refractivity contribution in [3.8, 4) is 5.75 Å². The first-order valence-electron chi connectivity index (χ1n) is 7.60. The minimum Gasteiger partial charge on any atom is -0.497 e. The van der Waals surface area contributed by atoms with Gasteiger partial charge in [-0.2, -0.15) is 0 Å². The number of rotatable bonds is 7. The zero-order valence-electron chi connectivity index (χ0n) is 13.6. The van der Waals surface area contributed by atoms with Gasteiger partial charge in [-0.05, 0) is 30.7 Å². The van der Waals surface area contributed by atoms with Crippen LogP contribution in [-0.2, 0) is 14.4 Å². The van der Waals surface area contributed by atoms with Crippen molar-refractivity contribution in [1.82, 2.24) is 10.2 Å². The molecular formula is C16H19N3O5. The number of hydrogen-bond donors (Lipinski definition) is 1. The highest BCUT2D eigenvalue weighted by atomic mass is 16.5. The van der Waals surface area contributed by atoms with Crippen LogP contribution in [0.3, 0.4) is 0 Å². The molecule has 1 saturated heterocycles. The summed E-state index contributed by atoms with van der Waals surface area (Å²) < 4.78 is 5.01. The molecule has 0 aliphatic carbocycles. The summed E-state index contributed by atoms with van der Waals surface area (Å²) in [6.45, 7) is 1.96. The molecule has 8 nitrogen and oxygen atoms in total. The molecule has 0 saturated carbocycles. The number of ether oxygens (including phenoxy) is 1. The van der Waals surface area contributed by atoms with Crippen molar-refractivity contribution in [1.29, 1.82) is 0 Å². The van der Waals surface area contributed by atoms with Crippen molar-refractivity contribution in [2.45, 2.75) is 19.8 Å². The van der Waals surface area contributed by atoms with Crippen LogP contribution in [0.1, 0.15) is 19.8 Å². The average Bonchev–Trinajstić information content (AvgIpc) is 2.79. The Bertz CT molecular complexity index is 656. The Morgan fingerprint density at radius 2 is 1.79 bits per heavy atom. The molecular weight excluding hydrogens is 314 g/mol. The second kappa shape index (κ2) is 7.58. The molecule has 0 bridgehead atoms. The summed E-state index contributed by atoms with van der Waals surface area (Å²) in [5.74, 6) is -1.92. The van der Waals surface area contributed by atoms with E-state index in [1.165, 1.54) is 19.2 Å². The minimum atomic E-state index is -1.01. The monoisotopic (exact) mass is 333 g/mol. The van der Waals surface area contributed by atoms with Crippen LogP contribution in [0, 0.1) is 0 Å². The van der Waals surface area contributed by atoms with Gasteiger partial charge in [-0.15, -0.1) is 0 Å². The summed E-state index contributed by atoms with van der Waals surface area (Å²) in [7, 11) is 1.49. The lowest BCUT2D eigenvalue weighted by molar-refractivity contribution is -0.140. The minimum absolute atomic E-state index is 0.244. The van der Waals surface area contributed by atoms with Gasteiger partial charge in [0.1, 0.15) is 12.3 Å². The van der Waals surface area contributed by atoms with Crippen LogP contribution < -0.4 is 15.0 Å². The van der Waals surface area contributed by atoms with E-state index >= 15 is 0 Å². The van der Waals surface area contributed by atoms with Crippen molar-refractivity contribution in [3.05, 3.63) is 24.3 Å². The SMILES string of the molecule is CCCCNC(=O)CN1C(=O)C(=O)N(c2ccc(OC)cc2)C1=O. The molecule has 0 atom stereocenters. The maximum absolute atomic E-state index is 12.3. The topological polar surface area (TPSA) is 96.0 Å². The van der Waals surface area contributed by atoms with Gasteiger partial charge in [-0.1, -0.05) is 13.3 Å². The number of nitrogens with one attached hydrogen (secondary N) is 1. The lowest BCUT2D eigenvalue weighted by atomic mass is 10.3. The smallest absolute Gasteiger partial charge is 0.339 e. The summed E-state index contributed by atoms with van der Waals surface area (Å²) in [6.07, 6.45) is 1.70. The molecule has 0 radical (unpaired) electrons. The first kappa shape index (κ1) is 17.5. The second-order valence-electron chi connectivity index (χ2n) is 5.22. The Kier molecular flexibility index (Phi) is 5.51. The summed E-state index contributed by atoms with van der Waals surface area (Å²) in [4.78, 5) is 49.6. The largest absolute Gasteiger partial charge is 0.497 e. The van der Waals surface area contributed by atoms with Gasteiger partial charge in [0.2, 0.25) is 5.91 Å². The van der Waals surface area contributed by atoms with Crippen molar-refractivity contribution >= 4 is 29.4 Å². The molecule has 0 unspecified atom stereocenters. The van der Waals surface area contributed by atoms with Gasteiger partial charge in [0.25, 0.3) is 0 Å². The number of anilines is 1. The number of carbonyl (C=O) groups is 4. The van der Waals surface area contributed by atoms with Crippen molar-refractivity contribution in [2.75, 3.05) is 25.1 Å². The molecule has 0 spiro atoms. The fourth-order valence-electron chi connectivity index (χ4n) is 2.21. The number of urea groups is 1. The van der Waals surface area contributed by atoms with Gasteiger partial charge >= 0.3 is 17.8 Å². The molecule has 5 amide bonds. The molecule has 128 valence electrons. The Labute approximate surface area is 139 Å². The molecule has 0 aromatic heterocycles. The van der Waals surface area contributed by atoms with E-state index in [-0.39, 0.29) is 5.69 Å². The number of hydrogen-bond acceptors (Lipinski definition) is 5. The number of amides is 5. The molecule has 24 heavy (non-hydrogen) atoms. The van der Waals surface area contributed by atoms with Gasteiger partial charge in [0, 0.05) is 6.54 Å². The molecule has 2 rings (SSSR count). The van der Waals surface area contributed by atoms with Crippen molar-refractivity contribution in [2.24, 2.45) is 0 Å². The molecule has 1 aliphatic rings. The van der Waals surface area contributed by atoms with Gasteiger partial charge in [0.15, 0.2) is 0 Å². The average molecular weight is 333 g/mol.